The van der Waals surface area contributed by atoms with Gasteiger partial charge in [0, 0.05) is 20.4 Å². The normalized spacial score (nSPS) is 22.7. The summed E-state index contributed by atoms with van der Waals surface area (Å²) in [7, 11) is -1.60. The summed E-state index contributed by atoms with van der Waals surface area (Å²) >= 11 is 0. The van der Waals surface area contributed by atoms with Crippen molar-refractivity contribution in [3.63, 3.8) is 0 Å². The summed E-state index contributed by atoms with van der Waals surface area (Å²) in [5.74, 6) is -4.83. The zero-order valence-corrected chi connectivity index (χ0v) is 29.0. The van der Waals surface area contributed by atoms with Gasteiger partial charge in [-0.25, -0.2) is 0 Å². The number of hydrogen-bond donors (Lipinski definition) is 0. The minimum atomic E-state index is -3.15. The predicted molar refractivity (Wildman–Crippen MR) is 177 cm³/mol. The lowest BCUT2D eigenvalue weighted by atomic mass is 10.0. The Morgan fingerprint density at radius 1 is 0.875 bits per heavy atom. The Morgan fingerprint density at radius 2 is 1.44 bits per heavy atom. The van der Waals surface area contributed by atoms with Crippen molar-refractivity contribution in [2.45, 2.75) is 70.3 Å². The van der Waals surface area contributed by atoms with Gasteiger partial charge in [0.15, 0.2) is 6.10 Å². The lowest BCUT2D eigenvalue weighted by Gasteiger charge is -2.43. The van der Waals surface area contributed by atoms with E-state index in [9.17, 15) is 19.2 Å². The summed E-state index contributed by atoms with van der Waals surface area (Å²) in [6.07, 6.45) is -4.12. The van der Waals surface area contributed by atoms with E-state index in [1.165, 1.54) is 11.8 Å². The van der Waals surface area contributed by atoms with Gasteiger partial charge in [-0.2, -0.15) is 0 Å². The van der Waals surface area contributed by atoms with Gasteiger partial charge in [-0.05, 0) is 33.1 Å². The molecule has 0 bridgehead atoms. The Balaban J connectivity index is 1.56. The van der Waals surface area contributed by atoms with E-state index < -0.39 is 61.3 Å². The van der Waals surface area contributed by atoms with Crippen LogP contribution in [0.2, 0.25) is 5.04 Å². The number of benzene rings is 3. The first-order valence-electron chi connectivity index (χ1n) is 15.7. The molecule has 2 aliphatic rings. The molecule has 0 aliphatic carbocycles. The summed E-state index contributed by atoms with van der Waals surface area (Å²) in [5, 5.41) is 1.56. The fourth-order valence-electron chi connectivity index (χ4n) is 6.55. The molecule has 0 radical (unpaired) electrons. The minimum Gasteiger partial charge on any atom is -0.497 e. The maximum atomic E-state index is 14.3. The first-order valence-corrected chi connectivity index (χ1v) is 17.6. The molecule has 0 aromatic heterocycles. The monoisotopic (exact) mass is 675 g/mol. The van der Waals surface area contributed by atoms with Crippen molar-refractivity contribution in [3.05, 3.63) is 90.5 Å². The topological polar surface area (TPSA) is 127 Å². The molecule has 0 saturated carbocycles. The predicted octanol–water partition coefficient (Wildman–Crippen LogP) is 3.12. The van der Waals surface area contributed by atoms with Crippen LogP contribution in [0, 0.1) is 0 Å². The number of rotatable bonds is 10. The average molecular weight is 676 g/mol. The highest BCUT2D eigenvalue weighted by Gasteiger charge is 2.69. The van der Waals surface area contributed by atoms with Crippen molar-refractivity contribution in [1.29, 1.82) is 0 Å². The highest BCUT2D eigenvalue weighted by atomic mass is 28.4. The summed E-state index contributed by atoms with van der Waals surface area (Å²) in [6, 6.07) is 26.8. The Kier molecular flexibility index (Phi) is 10.1. The van der Waals surface area contributed by atoms with Crippen molar-refractivity contribution in [2.75, 3.05) is 20.3 Å². The summed E-state index contributed by atoms with van der Waals surface area (Å²) in [6.45, 7) is 8.12. The quantitative estimate of drug-likeness (QED) is 0.180. The number of hydrogen-bond acceptors (Lipinski definition) is 10. The van der Waals surface area contributed by atoms with E-state index in [0.29, 0.717) is 11.3 Å². The molecule has 3 aromatic carbocycles. The molecule has 4 atom stereocenters. The molecular formula is C36H41NO10Si. The number of esters is 3. The van der Waals surface area contributed by atoms with Crippen LogP contribution in [0.1, 0.15) is 40.2 Å². The van der Waals surface area contributed by atoms with E-state index >= 15 is 0 Å². The molecule has 1 spiro atoms. The van der Waals surface area contributed by atoms with Crippen molar-refractivity contribution in [3.8, 4) is 5.75 Å². The molecule has 2 saturated heterocycles. The minimum absolute atomic E-state index is 0.0251. The highest BCUT2D eigenvalue weighted by molar-refractivity contribution is 6.99. The van der Waals surface area contributed by atoms with Crippen LogP contribution < -0.4 is 15.1 Å². The third-order valence-electron chi connectivity index (χ3n) is 8.54. The van der Waals surface area contributed by atoms with Crippen LogP contribution >= 0.6 is 0 Å². The highest BCUT2D eigenvalue weighted by Crippen LogP contribution is 2.42. The number of ether oxygens (including phenoxy) is 5. The van der Waals surface area contributed by atoms with E-state index in [4.69, 9.17) is 28.1 Å². The van der Waals surface area contributed by atoms with Gasteiger partial charge in [-0.3, -0.25) is 19.2 Å². The molecule has 48 heavy (non-hydrogen) atoms. The lowest BCUT2D eigenvalue weighted by molar-refractivity contribution is -0.262. The second kappa shape index (κ2) is 13.9. The fraction of sp³-hybridized carbons (Fsp3) is 0.389. The maximum Gasteiger partial charge on any atom is 0.335 e. The third-order valence-corrected chi connectivity index (χ3v) is 13.5. The first-order chi connectivity index (χ1) is 22.8. The number of amides is 1. The van der Waals surface area contributed by atoms with Crippen molar-refractivity contribution in [1.82, 2.24) is 4.90 Å². The van der Waals surface area contributed by atoms with Crippen LogP contribution in [0.25, 0.3) is 0 Å². The van der Waals surface area contributed by atoms with Gasteiger partial charge >= 0.3 is 29.6 Å². The van der Waals surface area contributed by atoms with Crippen LogP contribution in [0.4, 0.5) is 0 Å². The summed E-state index contributed by atoms with van der Waals surface area (Å²) < 4.78 is 35.7. The van der Waals surface area contributed by atoms with Crippen molar-refractivity contribution in [2.24, 2.45) is 0 Å². The van der Waals surface area contributed by atoms with Crippen molar-refractivity contribution >= 4 is 42.5 Å². The molecule has 5 rings (SSSR count). The number of carbonyl (C=O) groups excluding carboxylic acids is 4. The zero-order chi connectivity index (χ0) is 34.7. The van der Waals surface area contributed by atoms with Crippen LogP contribution in [0.5, 0.6) is 5.75 Å². The molecule has 2 heterocycles. The molecule has 2 fully saturated rings. The standard InChI is InChI=1S/C36H41NO10Si/c1-24(38)44-32-30(23-43-48(35(3,4)5,28-13-9-7-10-14-28)29-15-11-8-12-16-29)46-36(33(32)45-25(2)39)34(41)37(22-31(40)47-36)21-26-17-19-27(42-6)20-18-26/h7-20,30,32-33H,21-23H2,1-6H3/t30-,32-,33+,36+/m1/s1. The number of carbonyl (C=O) groups is 4. The van der Waals surface area contributed by atoms with Crippen LogP contribution in [-0.4, -0.2) is 81.4 Å². The third kappa shape index (κ3) is 6.73. The molecular weight excluding hydrogens is 634 g/mol. The zero-order valence-electron chi connectivity index (χ0n) is 28.0. The molecule has 12 heteroatoms. The Hall–Kier alpha value is -4.52. The lowest BCUT2D eigenvalue weighted by Crippen LogP contribution is -2.67. The fourth-order valence-corrected chi connectivity index (χ4v) is 11.1. The van der Waals surface area contributed by atoms with Gasteiger partial charge in [0.2, 0.25) is 6.10 Å². The van der Waals surface area contributed by atoms with E-state index in [1.54, 1.807) is 31.4 Å². The Morgan fingerprint density at radius 3 is 1.94 bits per heavy atom. The van der Waals surface area contributed by atoms with Crippen molar-refractivity contribution < 1.29 is 47.3 Å². The largest absolute Gasteiger partial charge is 0.497 e. The molecule has 254 valence electrons. The maximum absolute atomic E-state index is 14.3. The molecule has 0 N–H and O–H groups in total. The molecule has 3 aromatic rings. The molecule has 11 nitrogen and oxygen atoms in total. The van der Waals surface area contributed by atoms with E-state index in [0.717, 1.165) is 17.3 Å². The van der Waals surface area contributed by atoms with E-state index in [2.05, 4.69) is 20.8 Å². The number of nitrogens with zero attached hydrogens (tertiary/aromatic N) is 1. The average Bonchev–Trinajstić information content (AvgIpc) is 3.31. The Bertz CT molecular complexity index is 1590. The van der Waals surface area contributed by atoms with Crippen LogP contribution in [-0.2, 0) is 49.1 Å². The first kappa shape index (κ1) is 34.8. The molecule has 1 amide bonds. The van der Waals surface area contributed by atoms with Gasteiger partial charge in [0.25, 0.3) is 8.32 Å². The van der Waals surface area contributed by atoms with Crippen LogP contribution in [0.3, 0.4) is 0 Å². The number of methoxy groups -OCH3 is 1. The number of morpholine rings is 1. The summed E-state index contributed by atoms with van der Waals surface area (Å²) in [5.41, 5.74) is 0.708. The Labute approximate surface area is 281 Å². The molecule has 2 aliphatic heterocycles. The second-order valence-corrected chi connectivity index (χ2v) is 17.2. The molecule has 0 unspecified atom stereocenters. The van der Waals surface area contributed by atoms with Gasteiger partial charge < -0.3 is 33.0 Å². The van der Waals surface area contributed by atoms with E-state index in [-0.39, 0.29) is 19.7 Å². The van der Waals surface area contributed by atoms with E-state index in [1.807, 2.05) is 60.7 Å². The van der Waals surface area contributed by atoms with Gasteiger partial charge in [0.1, 0.15) is 18.4 Å². The van der Waals surface area contributed by atoms with Gasteiger partial charge in [-0.1, -0.05) is 93.6 Å². The smallest absolute Gasteiger partial charge is 0.335 e. The summed E-state index contributed by atoms with van der Waals surface area (Å²) in [4.78, 5) is 53.7. The van der Waals surface area contributed by atoms with Gasteiger partial charge in [-0.15, -0.1) is 0 Å². The van der Waals surface area contributed by atoms with Gasteiger partial charge in [0.05, 0.1) is 13.7 Å². The van der Waals surface area contributed by atoms with Crippen LogP contribution in [0.15, 0.2) is 84.9 Å². The SMILES string of the molecule is COc1ccc(CN2CC(=O)O[C@]3(O[C@H](CO[Si](c4ccccc4)(c4ccccc4)C(C)(C)C)[C@@H](OC(C)=O)[C@@H]3OC(C)=O)C2=O)cc1. The second-order valence-electron chi connectivity index (χ2n) is 12.9.